The Bertz CT molecular complexity index is 465. The van der Waals surface area contributed by atoms with Crippen LogP contribution in [0.4, 0.5) is 15.8 Å². The molecule has 18 heavy (non-hydrogen) atoms. The number of nitrogens with two attached hydrogens (primary N) is 1. The van der Waals surface area contributed by atoms with Gasteiger partial charge in [0.15, 0.2) is 0 Å². The average Bonchev–Trinajstić information content (AvgIpc) is 2.28. The number of hydrogen-bond donors (Lipinski definition) is 2. The maximum atomic E-state index is 13.0. The van der Waals surface area contributed by atoms with Crippen LogP contribution in [0.25, 0.3) is 0 Å². The van der Waals surface area contributed by atoms with E-state index in [4.69, 9.17) is 5.73 Å². The number of nitro benzene ring substituents is 1. The average molecular weight is 255 g/mol. The van der Waals surface area contributed by atoms with Crippen LogP contribution in [-0.2, 0) is 4.79 Å². The van der Waals surface area contributed by atoms with E-state index in [1.165, 1.54) is 0 Å². The number of carbonyl (C=O) groups excluding carboxylic acids is 1. The van der Waals surface area contributed by atoms with Gasteiger partial charge in [-0.3, -0.25) is 14.9 Å². The SMILES string of the molecule is CC(CN)CC(=O)Nc1cc(F)ccc1[N+](=O)[O-]. The molecule has 6 nitrogen and oxygen atoms in total. The summed E-state index contributed by atoms with van der Waals surface area (Å²) in [5.41, 5.74) is 4.88. The molecular weight excluding hydrogens is 241 g/mol. The highest BCUT2D eigenvalue weighted by Gasteiger charge is 2.17. The Balaban J connectivity index is 2.86. The number of nitrogens with zero attached hydrogens (tertiary/aromatic N) is 1. The van der Waals surface area contributed by atoms with Crippen LogP contribution in [0.1, 0.15) is 13.3 Å². The molecule has 0 aliphatic carbocycles. The first-order valence-electron chi connectivity index (χ1n) is 5.38. The van der Waals surface area contributed by atoms with Gasteiger partial charge in [-0.1, -0.05) is 6.92 Å². The van der Waals surface area contributed by atoms with Crippen molar-refractivity contribution < 1.29 is 14.1 Å². The molecule has 7 heteroatoms. The maximum absolute atomic E-state index is 13.0. The summed E-state index contributed by atoms with van der Waals surface area (Å²) in [6.45, 7) is 2.11. The summed E-state index contributed by atoms with van der Waals surface area (Å²) < 4.78 is 13.0. The molecule has 0 heterocycles. The van der Waals surface area contributed by atoms with Crippen molar-refractivity contribution in [1.29, 1.82) is 0 Å². The number of benzene rings is 1. The molecule has 3 N–H and O–H groups in total. The van der Waals surface area contributed by atoms with Gasteiger partial charge in [-0.25, -0.2) is 4.39 Å². The second-order valence-electron chi connectivity index (χ2n) is 4.01. The van der Waals surface area contributed by atoms with E-state index in [2.05, 4.69) is 5.32 Å². The largest absolute Gasteiger partial charge is 0.330 e. The van der Waals surface area contributed by atoms with Gasteiger partial charge in [0.2, 0.25) is 5.91 Å². The summed E-state index contributed by atoms with van der Waals surface area (Å²) in [4.78, 5) is 21.6. The first kappa shape index (κ1) is 14.0. The number of anilines is 1. The van der Waals surface area contributed by atoms with E-state index in [0.29, 0.717) is 6.54 Å². The van der Waals surface area contributed by atoms with Crippen molar-refractivity contribution >= 4 is 17.3 Å². The lowest BCUT2D eigenvalue weighted by atomic mass is 10.1. The molecule has 0 spiro atoms. The fraction of sp³-hybridized carbons (Fsp3) is 0.364. The maximum Gasteiger partial charge on any atom is 0.292 e. The lowest BCUT2D eigenvalue weighted by molar-refractivity contribution is -0.384. The van der Waals surface area contributed by atoms with Crippen LogP contribution in [0.3, 0.4) is 0 Å². The number of carbonyl (C=O) groups is 1. The molecule has 0 bridgehead atoms. The molecule has 1 rings (SSSR count). The van der Waals surface area contributed by atoms with Crippen LogP contribution in [0.2, 0.25) is 0 Å². The molecule has 0 saturated carbocycles. The third kappa shape index (κ3) is 3.77. The quantitative estimate of drug-likeness (QED) is 0.617. The normalized spacial score (nSPS) is 11.9. The zero-order valence-corrected chi connectivity index (χ0v) is 9.85. The number of nitrogens with one attached hydrogen (secondary N) is 1. The fourth-order valence-electron chi connectivity index (χ4n) is 1.37. The van der Waals surface area contributed by atoms with Crippen molar-refractivity contribution in [2.24, 2.45) is 11.7 Å². The Morgan fingerprint density at radius 3 is 2.83 bits per heavy atom. The van der Waals surface area contributed by atoms with E-state index in [-0.39, 0.29) is 23.7 Å². The molecule has 0 radical (unpaired) electrons. The van der Waals surface area contributed by atoms with Gasteiger partial charge in [0, 0.05) is 18.6 Å². The van der Waals surface area contributed by atoms with E-state index in [9.17, 15) is 19.3 Å². The lowest BCUT2D eigenvalue weighted by Gasteiger charge is -2.09. The zero-order valence-electron chi connectivity index (χ0n) is 9.85. The predicted molar refractivity (Wildman–Crippen MR) is 64.5 cm³/mol. The van der Waals surface area contributed by atoms with Crippen LogP contribution >= 0.6 is 0 Å². The second-order valence-corrected chi connectivity index (χ2v) is 4.01. The summed E-state index contributed by atoms with van der Waals surface area (Å²) in [7, 11) is 0. The van der Waals surface area contributed by atoms with Crippen LogP contribution in [0.5, 0.6) is 0 Å². The third-order valence-corrected chi connectivity index (χ3v) is 2.37. The minimum absolute atomic E-state index is 0.0439. The minimum atomic E-state index is -0.679. The van der Waals surface area contributed by atoms with Gasteiger partial charge < -0.3 is 11.1 Å². The standard InChI is InChI=1S/C11H14FN3O3/c1-7(6-13)4-11(16)14-9-5-8(12)2-3-10(9)15(17)18/h2-3,5,7H,4,6,13H2,1H3,(H,14,16). The Kier molecular flexibility index (Phi) is 4.73. The summed E-state index contributed by atoms with van der Waals surface area (Å²) in [5, 5.41) is 13.0. The van der Waals surface area contributed by atoms with Gasteiger partial charge in [0.25, 0.3) is 5.69 Å². The molecule has 1 unspecified atom stereocenters. The number of hydrogen-bond acceptors (Lipinski definition) is 4. The van der Waals surface area contributed by atoms with Gasteiger partial charge in [-0.15, -0.1) is 0 Å². The lowest BCUT2D eigenvalue weighted by Crippen LogP contribution is -2.20. The predicted octanol–water partition coefficient (Wildman–Crippen LogP) is 1.66. The third-order valence-electron chi connectivity index (χ3n) is 2.37. The van der Waals surface area contributed by atoms with Crippen LogP contribution < -0.4 is 11.1 Å². The smallest absolute Gasteiger partial charge is 0.292 e. The molecule has 1 amide bonds. The molecule has 0 aliphatic rings. The Hall–Kier alpha value is -2.02. The highest BCUT2D eigenvalue weighted by Crippen LogP contribution is 2.25. The summed E-state index contributed by atoms with van der Waals surface area (Å²) in [6, 6.07) is 2.90. The van der Waals surface area contributed by atoms with Crippen molar-refractivity contribution in [2.45, 2.75) is 13.3 Å². The van der Waals surface area contributed by atoms with Gasteiger partial charge in [0.1, 0.15) is 11.5 Å². The summed E-state index contributed by atoms with van der Waals surface area (Å²) >= 11 is 0. The molecule has 1 aromatic rings. The number of halogens is 1. The first-order valence-corrected chi connectivity index (χ1v) is 5.38. The van der Waals surface area contributed by atoms with Crippen molar-refractivity contribution in [3.8, 4) is 0 Å². The van der Waals surface area contributed by atoms with Crippen molar-refractivity contribution in [1.82, 2.24) is 0 Å². The molecule has 1 atom stereocenters. The van der Waals surface area contributed by atoms with E-state index >= 15 is 0 Å². The second kappa shape index (κ2) is 6.06. The summed E-state index contributed by atoms with van der Waals surface area (Å²) in [6.07, 6.45) is 0.129. The molecule has 0 aromatic heterocycles. The summed E-state index contributed by atoms with van der Waals surface area (Å²) in [5.74, 6) is -1.12. The van der Waals surface area contributed by atoms with Crippen molar-refractivity contribution in [3.05, 3.63) is 34.1 Å². The van der Waals surface area contributed by atoms with Crippen molar-refractivity contribution in [2.75, 3.05) is 11.9 Å². The molecule has 98 valence electrons. The zero-order chi connectivity index (χ0) is 13.7. The van der Waals surface area contributed by atoms with E-state index < -0.39 is 16.6 Å². The van der Waals surface area contributed by atoms with Crippen molar-refractivity contribution in [3.63, 3.8) is 0 Å². The molecular formula is C11H14FN3O3. The van der Waals surface area contributed by atoms with Gasteiger partial charge >= 0.3 is 0 Å². The van der Waals surface area contributed by atoms with Gasteiger partial charge in [0.05, 0.1) is 4.92 Å². The van der Waals surface area contributed by atoms with Crippen LogP contribution in [-0.4, -0.2) is 17.4 Å². The van der Waals surface area contributed by atoms with E-state index in [1.807, 2.05) is 0 Å². The Morgan fingerprint density at radius 2 is 2.28 bits per heavy atom. The number of nitro groups is 1. The molecule has 0 saturated heterocycles. The van der Waals surface area contributed by atoms with E-state index in [1.54, 1.807) is 6.92 Å². The highest BCUT2D eigenvalue weighted by molar-refractivity contribution is 5.93. The highest BCUT2D eigenvalue weighted by atomic mass is 19.1. The Morgan fingerprint density at radius 1 is 1.61 bits per heavy atom. The first-order chi connectivity index (χ1) is 8.43. The Labute approximate surface area is 103 Å². The van der Waals surface area contributed by atoms with Gasteiger partial charge in [-0.2, -0.15) is 0 Å². The van der Waals surface area contributed by atoms with Crippen LogP contribution in [0, 0.1) is 21.8 Å². The van der Waals surface area contributed by atoms with Gasteiger partial charge in [-0.05, 0) is 18.5 Å². The topological polar surface area (TPSA) is 98.3 Å². The number of rotatable bonds is 5. The fourth-order valence-corrected chi connectivity index (χ4v) is 1.37. The molecule has 1 aromatic carbocycles. The van der Waals surface area contributed by atoms with Crippen LogP contribution in [0.15, 0.2) is 18.2 Å². The van der Waals surface area contributed by atoms with E-state index in [0.717, 1.165) is 18.2 Å². The number of amides is 1. The molecule has 0 fully saturated rings. The molecule has 0 aliphatic heterocycles. The monoisotopic (exact) mass is 255 g/mol. The minimum Gasteiger partial charge on any atom is -0.330 e.